The van der Waals surface area contributed by atoms with Gasteiger partial charge in [0, 0.05) is 50.5 Å². The maximum Gasteiger partial charge on any atom is 0.424 e. The van der Waals surface area contributed by atoms with Crippen LogP contribution in [0.15, 0.2) is 36.9 Å². The van der Waals surface area contributed by atoms with Crippen LogP contribution in [0.4, 0.5) is 23.7 Å². The minimum absolute atomic E-state index is 0.403. The molecule has 0 aliphatic carbocycles. The Bertz CT molecular complexity index is 689. The predicted molar refractivity (Wildman–Crippen MR) is 79.0 cm³/mol. The fourth-order valence-corrected chi connectivity index (χ4v) is 2.11. The van der Waals surface area contributed by atoms with Crippen LogP contribution in [0.25, 0.3) is 0 Å². The lowest BCUT2D eigenvalue weighted by Crippen LogP contribution is -2.47. The first-order chi connectivity index (χ1) is 11.2. The van der Waals surface area contributed by atoms with Gasteiger partial charge in [0.1, 0.15) is 5.82 Å². The number of hydrogen-bond acceptors (Lipinski definition) is 4. The molecule has 2 amide bonds. The Morgan fingerprint density at radius 1 is 1.29 bits per heavy atom. The second kappa shape index (κ2) is 6.87. The highest BCUT2D eigenvalue weighted by atomic mass is 19.4. The summed E-state index contributed by atoms with van der Waals surface area (Å²) in [4.78, 5) is 19.0. The molecule has 10 heteroatoms. The van der Waals surface area contributed by atoms with Crippen LogP contribution in [-0.4, -0.2) is 38.4 Å². The van der Waals surface area contributed by atoms with Crippen LogP contribution in [0.3, 0.4) is 0 Å². The topological polar surface area (TPSA) is 92.1 Å². The van der Waals surface area contributed by atoms with Crippen molar-refractivity contribution in [1.29, 1.82) is 0 Å². The average molecular weight is 343 g/mol. The summed E-state index contributed by atoms with van der Waals surface area (Å²) in [6.45, 7) is -0.403. The van der Waals surface area contributed by atoms with Crippen LogP contribution >= 0.6 is 0 Å². The van der Waals surface area contributed by atoms with Crippen molar-refractivity contribution < 1.29 is 23.1 Å². The number of carbonyl (C=O) groups is 1. The van der Waals surface area contributed by atoms with Crippen molar-refractivity contribution in [2.24, 2.45) is 7.05 Å². The summed E-state index contributed by atoms with van der Waals surface area (Å²) in [7, 11) is 1.35. The van der Waals surface area contributed by atoms with Crippen molar-refractivity contribution in [2.45, 2.75) is 18.2 Å². The van der Waals surface area contributed by atoms with E-state index in [0.29, 0.717) is 5.69 Å². The van der Waals surface area contributed by atoms with Gasteiger partial charge in [0.05, 0.1) is 0 Å². The number of urea groups is 1. The first-order valence-corrected chi connectivity index (χ1v) is 6.96. The van der Waals surface area contributed by atoms with E-state index >= 15 is 0 Å². The second-order valence-electron chi connectivity index (χ2n) is 5.09. The van der Waals surface area contributed by atoms with E-state index in [1.54, 1.807) is 0 Å². The van der Waals surface area contributed by atoms with E-state index in [9.17, 15) is 23.1 Å². The zero-order valence-corrected chi connectivity index (χ0v) is 12.7. The van der Waals surface area contributed by atoms with E-state index in [4.69, 9.17) is 0 Å². The van der Waals surface area contributed by atoms with Crippen molar-refractivity contribution in [3.05, 3.63) is 42.7 Å². The van der Waals surface area contributed by atoms with E-state index in [1.807, 2.05) is 0 Å². The molecule has 0 saturated carbocycles. The fraction of sp³-hybridized carbons (Fsp3) is 0.357. The smallest absolute Gasteiger partial charge is 0.374 e. The van der Waals surface area contributed by atoms with Gasteiger partial charge in [-0.15, -0.1) is 0 Å². The number of halogens is 3. The minimum Gasteiger partial charge on any atom is -0.374 e. The van der Waals surface area contributed by atoms with Gasteiger partial charge in [0.15, 0.2) is 0 Å². The summed E-state index contributed by atoms with van der Waals surface area (Å²) < 4.78 is 40.9. The standard InChI is InChI=1S/C14H16F3N5O2/c1-22-9-8-19-11(22)13(24,14(15,16)17)4-7-20-12(23)21-10-2-5-18-6-3-10/h2-3,5-6,8-9,24H,4,7H2,1H3,(H2,18,20,21,23)/t13-/m1/s1. The molecule has 2 heterocycles. The molecule has 2 aromatic rings. The summed E-state index contributed by atoms with van der Waals surface area (Å²) in [5.74, 6) is -0.536. The number of amides is 2. The number of alkyl halides is 3. The Morgan fingerprint density at radius 2 is 1.96 bits per heavy atom. The molecule has 2 rings (SSSR count). The number of imidazole rings is 1. The summed E-state index contributed by atoms with van der Waals surface area (Å²) in [5.41, 5.74) is -2.72. The maximum absolute atomic E-state index is 13.3. The summed E-state index contributed by atoms with van der Waals surface area (Å²) in [6, 6.07) is 2.37. The Balaban J connectivity index is 1.99. The van der Waals surface area contributed by atoms with Gasteiger partial charge in [-0.1, -0.05) is 0 Å². The highest BCUT2D eigenvalue weighted by molar-refractivity contribution is 5.89. The van der Waals surface area contributed by atoms with E-state index < -0.39 is 36.6 Å². The number of rotatable bonds is 5. The number of aryl methyl sites for hydroxylation is 1. The molecular weight excluding hydrogens is 327 g/mol. The Hall–Kier alpha value is -2.62. The van der Waals surface area contributed by atoms with Crippen molar-refractivity contribution in [3.8, 4) is 0 Å². The largest absolute Gasteiger partial charge is 0.424 e. The number of nitrogens with zero attached hydrogens (tertiary/aromatic N) is 3. The molecule has 2 aromatic heterocycles. The predicted octanol–water partition coefficient (Wildman–Crippen LogP) is 1.78. The first-order valence-electron chi connectivity index (χ1n) is 6.96. The van der Waals surface area contributed by atoms with E-state index in [0.717, 1.165) is 10.8 Å². The maximum atomic E-state index is 13.3. The third-order valence-electron chi connectivity index (χ3n) is 3.37. The third-order valence-corrected chi connectivity index (χ3v) is 3.37. The number of carbonyl (C=O) groups excluding carboxylic acids is 1. The summed E-state index contributed by atoms with van der Waals surface area (Å²) in [5, 5.41) is 14.8. The molecule has 0 aliphatic rings. The quantitative estimate of drug-likeness (QED) is 0.772. The molecule has 24 heavy (non-hydrogen) atoms. The van der Waals surface area contributed by atoms with Crippen LogP contribution in [0.1, 0.15) is 12.2 Å². The van der Waals surface area contributed by atoms with Gasteiger partial charge >= 0.3 is 12.2 Å². The Kier molecular flexibility index (Phi) is 5.07. The SMILES string of the molecule is Cn1ccnc1[C@](O)(CCNC(=O)Nc1ccncc1)C(F)(F)F. The van der Waals surface area contributed by atoms with E-state index in [1.165, 1.54) is 37.8 Å². The van der Waals surface area contributed by atoms with Crippen LogP contribution < -0.4 is 10.6 Å². The van der Waals surface area contributed by atoms with Crippen LogP contribution in [0, 0.1) is 0 Å². The number of anilines is 1. The molecule has 0 bridgehead atoms. The van der Waals surface area contributed by atoms with Crippen LogP contribution in [-0.2, 0) is 12.6 Å². The molecule has 0 unspecified atom stereocenters. The van der Waals surface area contributed by atoms with Gasteiger partial charge in [-0.3, -0.25) is 4.98 Å². The Labute approximate surface area is 135 Å². The molecule has 1 atom stereocenters. The average Bonchev–Trinajstić information content (AvgIpc) is 2.93. The molecule has 0 aromatic carbocycles. The van der Waals surface area contributed by atoms with Gasteiger partial charge in [0.25, 0.3) is 0 Å². The third kappa shape index (κ3) is 3.82. The van der Waals surface area contributed by atoms with Crippen molar-refractivity contribution in [1.82, 2.24) is 19.9 Å². The number of pyridine rings is 1. The monoisotopic (exact) mass is 343 g/mol. The highest BCUT2D eigenvalue weighted by Crippen LogP contribution is 2.40. The minimum atomic E-state index is -4.94. The lowest BCUT2D eigenvalue weighted by molar-refractivity contribution is -0.272. The lowest BCUT2D eigenvalue weighted by Gasteiger charge is -2.29. The highest BCUT2D eigenvalue weighted by Gasteiger charge is 2.57. The van der Waals surface area contributed by atoms with Gasteiger partial charge in [-0.2, -0.15) is 13.2 Å². The fourth-order valence-electron chi connectivity index (χ4n) is 2.11. The summed E-state index contributed by atoms with van der Waals surface area (Å²) in [6.07, 6.45) is -0.329. The lowest BCUT2D eigenvalue weighted by atomic mass is 9.97. The van der Waals surface area contributed by atoms with Gasteiger partial charge in [-0.05, 0) is 12.1 Å². The zero-order valence-electron chi connectivity index (χ0n) is 12.7. The van der Waals surface area contributed by atoms with Crippen LogP contribution in [0.2, 0.25) is 0 Å². The molecule has 0 saturated heterocycles. The van der Waals surface area contributed by atoms with Crippen LogP contribution in [0.5, 0.6) is 0 Å². The number of hydrogen-bond donors (Lipinski definition) is 3. The molecule has 0 fully saturated rings. The second-order valence-corrected chi connectivity index (χ2v) is 5.09. The number of nitrogens with one attached hydrogen (secondary N) is 2. The van der Waals surface area contributed by atoms with Crippen molar-refractivity contribution in [3.63, 3.8) is 0 Å². The molecule has 0 aliphatic heterocycles. The van der Waals surface area contributed by atoms with Crippen molar-refractivity contribution >= 4 is 11.7 Å². The molecular formula is C14H16F3N5O2. The van der Waals surface area contributed by atoms with Gasteiger partial charge in [-0.25, -0.2) is 9.78 Å². The number of aliphatic hydroxyl groups is 1. The molecule has 0 radical (unpaired) electrons. The van der Waals surface area contributed by atoms with Crippen molar-refractivity contribution in [2.75, 3.05) is 11.9 Å². The van der Waals surface area contributed by atoms with Gasteiger partial charge in [0.2, 0.25) is 5.60 Å². The summed E-state index contributed by atoms with van der Waals surface area (Å²) >= 11 is 0. The first kappa shape index (κ1) is 17.7. The molecule has 3 N–H and O–H groups in total. The molecule has 7 nitrogen and oxygen atoms in total. The Morgan fingerprint density at radius 3 is 2.50 bits per heavy atom. The van der Waals surface area contributed by atoms with Gasteiger partial charge < -0.3 is 20.3 Å². The van der Waals surface area contributed by atoms with E-state index in [-0.39, 0.29) is 0 Å². The zero-order chi connectivity index (χ0) is 17.8. The normalized spacial score (nSPS) is 14.0. The molecule has 130 valence electrons. The van der Waals surface area contributed by atoms with E-state index in [2.05, 4.69) is 20.6 Å². The number of aromatic nitrogens is 3. The molecule has 0 spiro atoms.